The first-order valence-electron chi connectivity index (χ1n) is 7.42. The first-order chi connectivity index (χ1) is 8.30. The van der Waals surface area contributed by atoms with Crippen LogP contribution in [-0.4, -0.2) is 9.55 Å². The number of hydrogen-bond acceptors (Lipinski definition) is 1. The van der Waals surface area contributed by atoms with Crippen LogP contribution in [-0.2, 0) is 22.8 Å². The second kappa shape index (κ2) is 4.64. The number of nitrogens with zero attached hydrogens (tertiary/aromatic N) is 2. The summed E-state index contributed by atoms with van der Waals surface area (Å²) >= 11 is 0. The summed E-state index contributed by atoms with van der Waals surface area (Å²) in [6.45, 7) is 23.6. The number of hydrogen-bond donors (Lipinski definition) is 0. The zero-order valence-corrected chi connectivity index (χ0v) is 14.6. The molecule has 1 rings (SSSR count). The van der Waals surface area contributed by atoms with Crippen LogP contribution in [0.4, 0.5) is 0 Å². The Hall–Kier alpha value is -0.790. The molecule has 0 unspecified atom stereocenters. The van der Waals surface area contributed by atoms with Gasteiger partial charge in [0.2, 0.25) is 0 Å². The molecule has 0 spiro atoms. The minimum absolute atomic E-state index is 0.0828. The first-order valence-corrected chi connectivity index (χ1v) is 7.42. The summed E-state index contributed by atoms with van der Waals surface area (Å²) in [6.07, 6.45) is 0. The second-order valence-electron chi connectivity index (χ2n) is 8.63. The average molecular weight is 264 g/mol. The van der Waals surface area contributed by atoms with Crippen molar-refractivity contribution in [2.75, 3.05) is 0 Å². The highest BCUT2D eigenvalue weighted by Gasteiger charge is 2.34. The molecule has 0 aliphatic heterocycles. The van der Waals surface area contributed by atoms with Crippen LogP contribution in [0.15, 0.2) is 0 Å². The highest BCUT2D eigenvalue weighted by atomic mass is 15.1. The van der Waals surface area contributed by atoms with E-state index in [1.54, 1.807) is 0 Å². The highest BCUT2D eigenvalue weighted by Crippen LogP contribution is 2.37. The van der Waals surface area contributed by atoms with Gasteiger partial charge in [-0.1, -0.05) is 62.3 Å². The number of aromatic nitrogens is 2. The summed E-state index contributed by atoms with van der Waals surface area (Å²) in [4.78, 5) is 5.05. The van der Waals surface area contributed by atoms with Gasteiger partial charge in [-0.3, -0.25) is 0 Å². The van der Waals surface area contributed by atoms with E-state index in [1.807, 2.05) is 0 Å². The Labute approximate surface area is 119 Å². The van der Waals surface area contributed by atoms with Crippen molar-refractivity contribution in [3.63, 3.8) is 0 Å². The van der Waals surface area contributed by atoms with Crippen molar-refractivity contribution in [1.29, 1.82) is 0 Å². The molecule has 1 heterocycles. The minimum Gasteiger partial charge on any atom is -0.331 e. The lowest BCUT2D eigenvalue weighted by molar-refractivity contribution is 0.462. The van der Waals surface area contributed by atoms with Gasteiger partial charge in [-0.15, -0.1) is 0 Å². The Morgan fingerprint density at radius 2 is 1.26 bits per heavy atom. The molecule has 2 heteroatoms. The molecule has 110 valence electrons. The van der Waals surface area contributed by atoms with Crippen LogP contribution in [0.3, 0.4) is 0 Å². The smallest absolute Gasteiger partial charge is 0.114 e. The molecule has 1 aromatic rings. The third-order valence-corrected chi connectivity index (χ3v) is 3.38. The molecule has 0 bridgehead atoms. The van der Waals surface area contributed by atoms with Crippen LogP contribution >= 0.6 is 0 Å². The molecule has 0 aromatic carbocycles. The van der Waals surface area contributed by atoms with Gasteiger partial charge in [0.1, 0.15) is 5.82 Å². The van der Waals surface area contributed by atoms with Gasteiger partial charge < -0.3 is 4.57 Å². The molecule has 0 radical (unpaired) electrons. The van der Waals surface area contributed by atoms with E-state index in [9.17, 15) is 0 Å². The van der Waals surface area contributed by atoms with Crippen molar-refractivity contribution in [3.8, 4) is 0 Å². The standard InChI is InChI=1S/C17H32N2/c1-11-19-13(16(5,6)7)12(15(2,3)4)18-14(19)17(8,9)10/h11H2,1-10H3. The van der Waals surface area contributed by atoms with Crippen LogP contribution in [0, 0.1) is 0 Å². The van der Waals surface area contributed by atoms with Gasteiger partial charge in [0.25, 0.3) is 0 Å². The largest absolute Gasteiger partial charge is 0.331 e. The fraction of sp³-hybridized carbons (Fsp3) is 0.824. The quantitative estimate of drug-likeness (QED) is 0.712. The van der Waals surface area contributed by atoms with Crippen LogP contribution in [0.5, 0.6) is 0 Å². The summed E-state index contributed by atoms with van der Waals surface area (Å²) in [5.74, 6) is 1.21. The summed E-state index contributed by atoms with van der Waals surface area (Å²) < 4.78 is 2.43. The number of imidazole rings is 1. The van der Waals surface area contributed by atoms with Gasteiger partial charge >= 0.3 is 0 Å². The molecule has 0 atom stereocenters. The third-order valence-electron chi connectivity index (χ3n) is 3.38. The predicted octanol–water partition coefficient (Wildman–Crippen LogP) is 4.80. The van der Waals surface area contributed by atoms with E-state index >= 15 is 0 Å². The highest BCUT2D eigenvalue weighted by molar-refractivity contribution is 5.31. The second-order valence-corrected chi connectivity index (χ2v) is 8.63. The maximum absolute atomic E-state index is 5.05. The maximum atomic E-state index is 5.05. The average Bonchev–Trinajstić information content (AvgIpc) is 2.53. The molecule has 2 nitrogen and oxygen atoms in total. The predicted molar refractivity (Wildman–Crippen MR) is 84.0 cm³/mol. The van der Waals surface area contributed by atoms with E-state index in [-0.39, 0.29) is 16.2 Å². The van der Waals surface area contributed by atoms with Crippen LogP contribution in [0.1, 0.15) is 86.4 Å². The lowest BCUT2D eigenvalue weighted by Crippen LogP contribution is -2.26. The topological polar surface area (TPSA) is 17.8 Å². The summed E-state index contributed by atoms with van der Waals surface area (Å²) in [5, 5.41) is 0. The first kappa shape index (κ1) is 16.3. The van der Waals surface area contributed by atoms with E-state index in [0.29, 0.717) is 0 Å². The van der Waals surface area contributed by atoms with Gasteiger partial charge in [0.15, 0.2) is 0 Å². The molecule has 0 saturated heterocycles. The Morgan fingerprint density at radius 1 is 0.789 bits per heavy atom. The lowest BCUT2D eigenvalue weighted by atomic mass is 9.82. The Kier molecular flexibility index (Phi) is 3.97. The fourth-order valence-corrected chi connectivity index (χ4v) is 2.62. The molecule has 0 aliphatic rings. The van der Waals surface area contributed by atoms with E-state index < -0.39 is 0 Å². The fourth-order valence-electron chi connectivity index (χ4n) is 2.62. The summed E-state index contributed by atoms with van der Waals surface area (Å²) in [6, 6.07) is 0. The number of rotatable bonds is 1. The Bertz CT molecular complexity index is 445. The van der Waals surface area contributed by atoms with Gasteiger partial charge in [-0.25, -0.2) is 4.98 Å². The van der Waals surface area contributed by atoms with Crippen LogP contribution in [0.2, 0.25) is 0 Å². The molecular formula is C17H32N2. The zero-order chi connectivity index (χ0) is 15.2. The zero-order valence-electron chi connectivity index (χ0n) is 14.6. The van der Waals surface area contributed by atoms with E-state index in [1.165, 1.54) is 17.2 Å². The van der Waals surface area contributed by atoms with E-state index in [0.717, 1.165) is 6.54 Å². The normalized spacial score (nSPS) is 14.0. The summed E-state index contributed by atoms with van der Waals surface area (Å²) in [7, 11) is 0. The molecular weight excluding hydrogens is 232 g/mol. The van der Waals surface area contributed by atoms with Crippen molar-refractivity contribution in [2.24, 2.45) is 0 Å². The van der Waals surface area contributed by atoms with E-state index in [4.69, 9.17) is 4.98 Å². The van der Waals surface area contributed by atoms with E-state index in [2.05, 4.69) is 73.8 Å². The minimum atomic E-state index is 0.0828. The van der Waals surface area contributed by atoms with Gasteiger partial charge in [-0.05, 0) is 6.92 Å². The summed E-state index contributed by atoms with van der Waals surface area (Å²) in [5.41, 5.74) is 2.94. The van der Waals surface area contributed by atoms with Crippen LogP contribution in [0.25, 0.3) is 0 Å². The Balaban J connectivity index is 3.71. The molecule has 0 aliphatic carbocycles. The SMILES string of the molecule is CCn1c(C(C)(C)C)nc(C(C)(C)C)c1C(C)(C)C. The molecule has 0 N–H and O–H groups in total. The molecule has 1 aromatic heterocycles. The van der Waals surface area contributed by atoms with Gasteiger partial charge in [0.05, 0.1) is 5.69 Å². The molecule has 19 heavy (non-hydrogen) atoms. The monoisotopic (exact) mass is 264 g/mol. The molecule has 0 amide bonds. The molecule has 0 fully saturated rings. The van der Waals surface area contributed by atoms with Crippen LogP contribution < -0.4 is 0 Å². The molecule has 0 saturated carbocycles. The van der Waals surface area contributed by atoms with Gasteiger partial charge in [-0.2, -0.15) is 0 Å². The maximum Gasteiger partial charge on any atom is 0.114 e. The van der Waals surface area contributed by atoms with Crippen molar-refractivity contribution in [2.45, 2.75) is 92.0 Å². The van der Waals surface area contributed by atoms with Gasteiger partial charge in [0, 0.05) is 28.5 Å². The van der Waals surface area contributed by atoms with Crippen molar-refractivity contribution in [3.05, 3.63) is 17.2 Å². The lowest BCUT2D eigenvalue weighted by Gasteiger charge is -2.28. The third kappa shape index (κ3) is 3.21. The van der Waals surface area contributed by atoms with Crippen molar-refractivity contribution >= 4 is 0 Å². The Morgan fingerprint density at radius 3 is 1.53 bits per heavy atom. The van der Waals surface area contributed by atoms with Crippen molar-refractivity contribution < 1.29 is 0 Å². The van der Waals surface area contributed by atoms with Crippen molar-refractivity contribution in [1.82, 2.24) is 9.55 Å².